The summed E-state index contributed by atoms with van der Waals surface area (Å²) in [6.07, 6.45) is 6.20. The number of pyridine rings is 2. The summed E-state index contributed by atoms with van der Waals surface area (Å²) in [5.41, 5.74) is 1.40. The number of sulfonamides is 1. The number of benzene rings is 1. The van der Waals surface area contributed by atoms with Gasteiger partial charge in [-0.2, -0.15) is 5.26 Å². The molecular weight excluding hydrogens is 458 g/mol. The van der Waals surface area contributed by atoms with Crippen molar-refractivity contribution in [2.45, 2.75) is 4.90 Å². The lowest BCUT2D eigenvalue weighted by Gasteiger charge is -2.13. The van der Waals surface area contributed by atoms with Crippen molar-refractivity contribution in [3.8, 4) is 28.7 Å². The van der Waals surface area contributed by atoms with Crippen molar-refractivity contribution >= 4 is 38.1 Å². The van der Waals surface area contributed by atoms with Crippen molar-refractivity contribution in [3.63, 3.8) is 0 Å². The van der Waals surface area contributed by atoms with Gasteiger partial charge in [0.25, 0.3) is 10.0 Å². The molecule has 0 bridgehead atoms. The molecule has 3 aromatic heterocycles. The monoisotopic (exact) mass is 469 g/mol. The van der Waals surface area contributed by atoms with Crippen LogP contribution in [0.1, 0.15) is 5.56 Å². The van der Waals surface area contributed by atoms with Crippen LogP contribution in [0, 0.1) is 11.3 Å². The Morgan fingerprint density at radius 2 is 1.97 bits per heavy atom. The predicted molar refractivity (Wildman–Crippen MR) is 117 cm³/mol. The molecule has 4 rings (SSSR count). The van der Waals surface area contributed by atoms with E-state index in [0.29, 0.717) is 11.3 Å². The molecule has 4 aromatic rings. The summed E-state index contributed by atoms with van der Waals surface area (Å²) in [5, 5.41) is 11.7. The topological polar surface area (TPSA) is 118 Å². The second-order valence-corrected chi connectivity index (χ2v) is 9.02. The molecule has 0 unspecified atom stereocenters. The van der Waals surface area contributed by atoms with Crippen LogP contribution in [0.3, 0.4) is 0 Å². The Morgan fingerprint density at radius 1 is 1.10 bits per heavy atom. The second kappa shape index (κ2) is 8.69. The number of nitrogens with one attached hydrogen (secondary N) is 1. The predicted octanol–water partition coefficient (Wildman–Crippen LogP) is 4.72. The Kier molecular flexibility index (Phi) is 5.81. The molecule has 0 amide bonds. The van der Waals surface area contributed by atoms with E-state index in [9.17, 15) is 13.7 Å². The number of nitriles is 1. The lowest BCUT2D eigenvalue weighted by atomic mass is 10.1. The third-order valence-corrected chi connectivity index (χ3v) is 6.42. The Hall–Kier alpha value is -3.52. The number of aromatic nitrogens is 3. The van der Waals surface area contributed by atoms with Gasteiger partial charge < -0.3 is 4.74 Å². The van der Waals surface area contributed by atoms with Gasteiger partial charge in [0.15, 0.2) is 10.9 Å². The average Bonchev–Trinajstić information content (AvgIpc) is 3.28. The fourth-order valence-corrected chi connectivity index (χ4v) is 4.64. The van der Waals surface area contributed by atoms with Crippen LogP contribution in [-0.4, -0.2) is 23.4 Å². The highest BCUT2D eigenvalue weighted by Crippen LogP contribution is 2.35. The number of ether oxygens (including phenoxy) is 1. The Bertz CT molecular complexity index is 1370. The number of nitrogens with zero attached hydrogens (tertiary/aromatic N) is 4. The second-order valence-electron chi connectivity index (χ2n) is 6.06. The molecule has 0 saturated heterocycles. The van der Waals surface area contributed by atoms with Crippen molar-refractivity contribution in [3.05, 3.63) is 77.3 Å². The normalized spacial score (nSPS) is 11.0. The molecule has 1 N–H and O–H groups in total. The molecule has 0 spiro atoms. The van der Waals surface area contributed by atoms with Crippen LogP contribution in [0.15, 0.2) is 71.5 Å². The smallest absolute Gasteiger partial charge is 0.263 e. The lowest BCUT2D eigenvalue weighted by molar-refractivity contribution is 0.480. The highest BCUT2D eigenvalue weighted by molar-refractivity contribution is 7.93. The molecule has 0 saturated carbocycles. The molecule has 0 aliphatic carbocycles. The van der Waals surface area contributed by atoms with Crippen molar-refractivity contribution in [1.82, 2.24) is 15.0 Å². The van der Waals surface area contributed by atoms with E-state index in [1.807, 2.05) is 12.1 Å². The largest absolute Gasteiger partial charge is 0.454 e. The molecule has 8 nitrogen and oxygen atoms in total. The van der Waals surface area contributed by atoms with E-state index in [0.717, 1.165) is 16.9 Å². The SMILES string of the molecule is N#Cc1cc(S(=O)(=O)Nc2nccs2)ccc1Oc1cnc(Cl)cc1-c1cccnc1. The summed E-state index contributed by atoms with van der Waals surface area (Å²) < 4.78 is 33.5. The maximum absolute atomic E-state index is 12.6. The molecule has 1 aromatic carbocycles. The molecular formula is C20H12ClN5O3S2. The van der Waals surface area contributed by atoms with Crippen LogP contribution < -0.4 is 9.46 Å². The molecule has 0 atom stereocenters. The first kappa shape index (κ1) is 20.7. The summed E-state index contributed by atoms with van der Waals surface area (Å²) in [6.45, 7) is 0. The first-order valence-corrected chi connectivity index (χ1v) is 11.4. The van der Waals surface area contributed by atoms with Crippen LogP contribution in [0.4, 0.5) is 5.13 Å². The van der Waals surface area contributed by atoms with E-state index in [2.05, 4.69) is 19.7 Å². The fourth-order valence-electron chi connectivity index (χ4n) is 2.67. The van der Waals surface area contributed by atoms with Crippen LogP contribution in [0.5, 0.6) is 11.5 Å². The Morgan fingerprint density at radius 3 is 2.68 bits per heavy atom. The quantitative estimate of drug-likeness (QED) is 0.406. The molecule has 0 aliphatic rings. The lowest BCUT2D eigenvalue weighted by Crippen LogP contribution is -2.13. The van der Waals surface area contributed by atoms with Gasteiger partial charge in [-0.3, -0.25) is 9.71 Å². The van der Waals surface area contributed by atoms with Crippen LogP contribution in [-0.2, 0) is 10.0 Å². The minimum absolute atomic E-state index is 0.0362. The van der Waals surface area contributed by atoms with Gasteiger partial charge in [-0.25, -0.2) is 18.4 Å². The van der Waals surface area contributed by atoms with E-state index in [4.69, 9.17) is 16.3 Å². The van der Waals surface area contributed by atoms with Gasteiger partial charge >= 0.3 is 0 Å². The van der Waals surface area contributed by atoms with Crippen molar-refractivity contribution < 1.29 is 13.2 Å². The number of rotatable bonds is 6. The van der Waals surface area contributed by atoms with Crippen molar-refractivity contribution in [2.75, 3.05) is 4.72 Å². The van der Waals surface area contributed by atoms with Crippen LogP contribution in [0.2, 0.25) is 5.15 Å². The fraction of sp³-hybridized carbons (Fsp3) is 0. The van der Waals surface area contributed by atoms with E-state index in [1.165, 1.54) is 30.6 Å². The third kappa shape index (κ3) is 4.64. The van der Waals surface area contributed by atoms with Crippen LogP contribution in [0.25, 0.3) is 11.1 Å². The summed E-state index contributed by atoms with van der Waals surface area (Å²) in [4.78, 5) is 11.9. The highest BCUT2D eigenvalue weighted by atomic mass is 35.5. The van der Waals surface area contributed by atoms with Gasteiger partial charge in [0, 0.05) is 35.1 Å². The first-order valence-electron chi connectivity index (χ1n) is 8.66. The van der Waals surface area contributed by atoms with Gasteiger partial charge in [0.05, 0.1) is 16.7 Å². The number of hydrogen-bond donors (Lipinski definition) is 1. The van der Waals surface area contributed by atoms with E-state index in [1.54, 1.807) is 29.9 Å². The standard InChI is InChI=1S/C20H12ClN5O3S2/c21-19-9-16(13-2-1-5-23-11-13)18(12-25-19)29-17-4-3-15(8-14(17)10-22)31(27,28)26-20-24-6-7-30-20/h1-9,11-12H,(H,24,26). The number of anilines is 1. The Labute approximate surface area is 186 Å². The minimum atomic E-state index is -3.91. The molecule has 0 aliphatic heterocycles. The zero-order valence-electron chi connectivity index (χ0n) is 15.6. The molecule has 0 fully saturated rings. The first-order chi connectivity index (χ1) is 15.0. The number of halogens is 1. The summed E-state index contributed by atoms with van der Waals surface area (Å²) in [7, 11) is -3.91. The highest BCUT2D eigenvalue weighted by Gasteiger charge is 2.19. The van der Waals surface area contributed by atoms with Crippen molar-refractivity contribution in [1.29, 1.82) is 5.26 Å². The maximum atomic E-state index is 12.6. The number of thiazole rings is 1. The summed E-state index contributed by atoms with van der Waals surface area (Å²) in [6, 6.07) is 11.2. The zero-order valence-corrected chi connectivity index (χ0v) is 17.9. The third-order valence-electron chi connectivity index (χ3n) is 4.06. The molecule has 0 radical (unpaired) electrons. The summed E-state index contributed by atoms with van der Waals surface area (Å²) >= 11 is 7.19. The number of hydrogen-bond acceptors (Lipinski definition) is 8. The maximum Gasteiger partial charge on any atom is 0.263 e. The minimum Gasteiger partial charge on any atom is -0.454 e. The van der Waals surface area contributed by atoms with E-state index >= 15 is 0 Å². The molecule has 3 heterocycles. The van der Waals surface area contributed by atoms with E-state index < -0.39 is 10.0 Å². The van der Waals surface area contributed by atoms with Crippen molar-refractivity contribution in [2.24, 2.45) is 0 Å². The van der Waals surface area contributed by atoms with Gasteiger partial charge in [0.1, 0.15) is 17.0 Å². The molecule has 11 heteroatoms. The average molecular weight is 470 g/mol. The molecule has 31 heavy (non-hydrogen) atoms. The summed E-state index contributed by atoms with van der Waals surface area (Å²) in [5.74, 6) is 0.510. The van der Waals surface area contributed by atoms with Gasteiger partial charge in [-0.1, -0.05) is 17.7 Å². The van der Waals surface area contributed by atoms with Gasteiger partial charge in [-0.05, 0) is 30.3 Å². The Balaban J connectivity index is 1.69. The van der Waals surface area contributed by atoms with E-state index in [-0.39, 0.29) is 26.5 Å². The van der Waals surface area contributed by atoms with Gasteiger partial charge in [0.2, 0.25) is 0 Å². The van der Waals surface area contributed by atoms with Gasteiger partial charge in [-0.15, -0.1) is 11.3 Å². The zero-order chi connectivity index (χ0) is 21.8. The molecule has 154 valence electrons. The van der Waals surface area contributed by atoms with Crippen LogP contribution >= 0.6 is 22.9 Å².